The second-order valence-corrected chi connectivity index (χ2v) is 4.20. The van der Waals surface area contributed by atoms with Gasteiger partial charge in [-0.05, 0) is 0 Å². The summed E-state index contributed by atoms with van der Waals surface area (Å²) in [5.74, 6) is -0.925. The highest BCUT2D eigenvalue weighted by molar-refractivity contribution is 6.35. The van der Waals surface area contributed by atoms with Gasteiger partial charge in [0.05, 0.1) is 27.5 Å². The first kappa shape index (κ1) is 16.8. The van der Waals surface area contributed by atoms with Gasteiger partial charge in [0.15, 0.2) is 5.02 Å². The molecule has 0 aromatic heterocycles. The van der Waals surface area contributed by atoms with Crippen LogP contribution in [0.4, 0.5) is 11.4 Å². The number of hydrogen-bond donors (Lipinski definition) is 0. The molecule has 0 fully saturated rings. The van der Waals surface area contributed by atoms with Crippen molar-refractivity contribution >= 4 is 28.9 Å². The third-order valence-corrected chi connectivity index (χ3v) is 2.87. The number of nitrogens with zero attached hydrogens (tertiary/aromatic N) is 5. The van der Waals surface area contributed by atoms with Gasteiger partial charge in [-0.3, -0.25) is 25.0 Å². The van der Waals surface area contributed by atoms with Gasteiger partial charge < -0.3 is 4.90 Å². The number of amides is 1. The molecular formula is C11H6ClN5O5. The number of nitro groups is 2. The molecular weight excluding hydrogens is 318 g/mol. The molecule has 1 aromatic rings. The summed E-state index contributed by atoms with van der Waals surface area (Å²) < 4.78 is 0. The van der Waals surface area contributed by atoms with Crippen LogP contribution in [0.2, 0.25) is 5.02 Å². The van der Waals surface area contributed by atoms with Crippen molar-refractivity contribution in [3.8, 4) is 12.1 Å². The van der Waals surface area contributed by atoms with E-state index in [0.717, 1.165) is 17.0 Å². The fraction of sp³-hybridized carbons (Fsp3) is 0.182. The SMILES string of the molecule is N#CCN(CC#N)C(=O)c1cc([N+](=O)[O-])c(Cl)c([N+](=O)[O-])c1. The topological polar surface area (TPSA) is 154 Å². The Labute approximate surface area is 128 Å². The Kier molecular flexibility index (Phi) is 5.32. The summed E-state index contributed by atoms with van der Waals surface area (Å²) in [6, 6.07) is 4.83. The Morgan fingerprint density at radius 1 is 1.14 bits per heavy atom. The number of carbonyl (C=O) groups excluding carboxylic acids is 1. The average Bonchev–Trinajstić information content (AvgIpc) is 2.45. The zero-order valence-corrected chi connectivity index (χ0v) is 11.5. The van der Waals surface area contributed by atoms with Crippen LogP contribution in [0.3, 0.4) is 0 Å². The number of hydrogen-bond acceptors (Lipinski definition) is 7. The van der Waals surface area contributed by atoms with Gasteiger partial charge in [0.25, 0.3) is 17.3 Å². The minimum atomic E-state index is -0.967. The lowest BCUT2D eigenvalue weighted by atomic mass is 10.1. The van der Waals surface area contributed by atoms with E-state index in [-0.39, 0.29) is 0 Å². The second kappa shape index (κ2) is 6.97. The highest BCUT2D eigenvalue weighted by atomic mass is 35.5. The Morgan fingerprint density at radius 3 is 1.86 bits per heavy atom. The van der Waals surface area contributed by atoms with Crippen LogP contribution in [-0.4, -0.2) is 33.7 Å². The van der Waals surface area contributed by atoms with E-state index in [9.17, 15) is 25.0 Å². The minimum absolute atomic E-state index is 0.409. The summed E-state index contributed by atoms with van der Waals surface area (Å²) in [7, 11) is 0. The van der Waals surface area contributed by atoms with Crippen LogP contribution >= 0.6 is 11.6 Å². The first-order valence-electron chi connectivity index (χ1n) is 5.49. The molecule has 10 nitrogen and oxygen atoms in total. The lowest BCUT2D eigenvalue weighted by Gasteiger charge is -2.15. The minimum Gasteiger partial charge on any atom is -0.312 e. The van der Waals surface area contributed by atoms with Crippen LogP contribution in [0.15, 0.2) is 12.1 Å². The van der Waals surface area contributed by atoms with E-state index in [2.05, 4.69) is 0 Å². The standard InChI is InChI=1S/C11H6ClN5O5/c12-10-8(16(19)20)5-7(6-9(10)17(21)22)11(18)15(3-1-13)4-2-14/h5-6H,3-4H2. The Balaban J connectivity index is 3.44. The van der Waals surface area contributed by atoms with E-state index in [1.807, 2.05) is 0 Å². The fourth-order valence-corrected chi connectivity index (χ4v) is 1.78. The molecule has 1 rings (SSSR count). The van der Waals surface area contributed by atoms with Crippen molar-refractivity contribution in [2.24, 2.45) is 0 Å². The van der Waals surface area contributed by atoms with E-state index in [1.54, 1.807) is 12.1 Å². The van der Waals surface area contributed by atoms with E-state index in [4.69, 9.17) is 22.1 Å². The van der Waals surface area contributed by atoms with Gasteiger partial charge in [0.1, 0.15) is 13.1 Å². The average molecular weight is 324 g/mol. The smallest absolute Gasteiger partial charge is 0.295 e. The van der Waals surface area contributed by atoms with Crippen molar-refractivity contribution in [1.29, 1.82) is 10.5 Å². The first-order chi connectivity index (χ1) is 10.3. The quantitative estimate of drug-likeness (QED) is 0.453. The summed E-state index contributed by atoms with van der Waals surface area (Å²) in [5.41, 5.74) is -2.03. The molecule has 0 N–H and O–H groups in total. The van der Waals surface area contributed by atoms with Crippen LogP contribution in [0.25, 0.3) is 0 Å². The van der Waals surface area contributed by atoms with Crippen LogP contribution in [0.1, 0.15) is 10.4 Å². The van der Waals surface area contributed by atoms with Crippen LogP contribution in [-0.2, 0) is 0 Å². The number of nitro benzene ring substituents is 2. The largest absolute Gasteiger partial charge is 0.312 e. The number of rotatable bonds is 5. The normalized spacial score (nSPS) is 9.41. The molecule has 112 valence electrons. The highest BCUT2D eigenvalue weighted by Gasteiger charge is 2.28. The highest BCUT2D eigenvalue weighted by Crippen LogP contribution is 2.35. The Hall–Kier alpha value is -3.24. The van der Waals surface area contributed by atoms with Crippen LogP contribution in [0.5, 0.6) is 0 Å². The Morgan fingerprint density at radius 2 is 1.55 bits per heavy atom. The molecule has 0 saturated carbocycles. The van der Waals surface area contributed by atoms with E-state index in [0.29, 0.717) is 0 Å². The zero-order valence-electron chi connectivity index (χ0n) is 10.7. The first-order valence-corrected chi connectivity index (χ1v) is 5.86. The molecule has 0 radical (unpaired) electrons. The van der Waals surface area contributed by atoms with Gasteiger partial charge in [-0.2, -0.15) is 10.5 Å². The number of halogens is 1. The van der Waals surface area contributed by atoms with Crippen molar-refractivity contribution in [3.63, 3.8) is 0 Å². The number of benzene rings is 1. The van der Waals surface area contributed by atoms with Gasteiger partial charge in [-0.25, -0.2) is 0 Å². The molecule has 0 heterocycles. The van der Waals surface area contributed by atoms with E-state index >= 15 is 0 Å². The van der Waals surface area contributed by atoms with Crippen molar-refractivity contribution in [3.05, 3.63) is 42.9 Å². The van der Waals surface area contributed by atoms with E-state index < -0.39 is 50.8 Å². The molecule has 0 unspecified atom stereocenters. The maximum absolute atomic E-state index is 12.1. The molecule has 0 bridgehead atoms. The zero-order chi connectivity index (χ0) is 16.9. The third kappa shape index (κ3) is 3.45. The third-order valence-electron chi connectivity index (χ3n) is 2.48. The maximum Gasteiger partial charge on any atom is 0.295 e. The van der Waals surface area contributed by atoms with Gasteiger partial charge in [0, 0.05) is 12.1 Å². The molecule has 0 spiro atoms. The lowest BCUT2D eigenvalue weighted by molar-refractivity contribution is -0.393. The molecule has 1 aromatic carbocycles. The molecule has 0 atom stereocenters. The van der Waals surface area contributed by atoms with Crippen molar-refractivity contribution < 1.29 is 14.6 Å². The summed E-state index contributed by atoms with van der Waals surface area (Å²) in [6.07, 6.45) is 0. The van der Waals surface area contributed by atoms with Crippen molar-refractivity contribution in [2.75, 3.05) is 13.1 Å². The summed E-state index contributed by atoms with van der Waals surface area (Å²) in [4.78, 5) is 32.7. The van der Waals surface area contributed by atoms with Gasteiger partial charge in [-0.1, -0.05) is 11.6 Å². The number of carbonyl (C=O) groups is 1. The van der Waals surface area contributed by atoms with Crippen LogP contribution in [0, 0.1) is 42.9 Å². The molecule has 11 heteroatoms. The van der Waals surface area contributed by atoms with Gasteiger partial charge in [0.2, 0.25) is 0 Å². The summed E-state index contributed by atoms with van der Waals surface area (Å²) in [6.45, 7) is -0.896. The summed E-state index contributed by atoms with van der Waals surface area (Å²) >= 11 is 5.56. The molecule has 1 amide bonds. The van der Waals surface area contributed by atoms with Crippen molar-refractivity contribution in [1.82, 2.24) is 4.90 Å². The van der Waals surface area contributed by atoms with Gasteiger partial charge >= 0.3 is 0 Å². The van der Waals surface area contributed by atoms with Crippen LogP contribution < -0.4 is 0 Å². The second-order valence-electron chi connectivity index (χ2n) is 3.82. The predicted octanol–water partition coefficient (Wildman–Crippen LogP) is 1.65. The fourth-order valence-electron chi connectivity index (χ4n) is 1.54. The maximum atomic E-state index is 12.1. The monoisotopic (exact) mass is 323 g/mol. The summed E-state index contributed by atoms with van der Waals surface area (Å²) in [5, 5.41) is 38.2. The molecule has 0 aliphatic rings. The molecule has 22 heavy (non-hydrogen) atoms. The van der Waals surface area contributed by atoms with Gasteiger partial charge in [-0.15, -0.1) is 0 Å². The lowest BCUT2D eigenvalue weighted by Crippen LogP contribution is -2.31. The number of nitriles is 2. The van der Waals surface area contributed by atoms with Crippen molar-refractivity contribution in [2.45, 2.75) is 0 Å². The van der Waals surface area contributed by atoms with E-state index in [1.165, 1.54) is 0 Å². The Bertz CT molecular complexity index is 684. The molecule has 0 aliphatic carbocycles. The molecule has 0 aliphatic heterocycles. The predicted molar refractivity (Wildman–Crippen MR) is 71.9 cm³/mol. The molecule has 0 saturated heterocycles.